The van der Waals surface area contributed by atoms with Gasteiger partial charge in [0.25, 0.3) is 0 Å². The topological polar surface area (TPSA) is 49.3 Å². The van der Waals surface area contributed by atoms with Crippen LogP contribution in [0.4, 0.5) is 5.95 Å². The number of carbonyl (C=O) groups is 1. The van der Waals surface area contributed by atoms with Crippen molar-refractivity contribution in [3.8, 4) is 0 Å². The summed E-state index contributed by atoms with van der Waals surface area (Å²) in [6.07, 6.45) is 3.51. The molecule has 0 atom stereocenters. The highest BCUT2D eigenvalue weighted by Crippen LogP contribution is 2.22. The molecule has 2 aromatic heterocycles. The quantitative estimate of drug-likeness (QED) is 0.777. The van der Waals surface area contributed by atoms with Gasteiger partial charge in [-0.05, 0) is 34.1 Å². The van der Waals surface area contributed by atoms with Gasteiger partial charge in [-0.2, -0.15) is 0 Å². The largest absolute Gasteiger partial charge is 0.338 e. The maximum Gasteiger partial charge on any atom is 0.225 e. The molecule has 2 aromatic rings. The first-order valence-corrected chi connectivity index (χ1v) is 8.36. The van der Waals surface area contributed by atoms with Crippen LogP contribution >= 0.6 is 27.3 Å². The van der Waals surface area contributed by atoms with Gasteiger partial charge in [-0.25, -0.2) is 9.97 Å². The van der Waals surface area contributed by atoms with Crippen LogP contribution in [0.25, 0.3) is 0 Å². The maximum absolute atomic E-state index is 12.2. The Hall–Kier alpha value is -1.31. The number of halogens is 1. The van der Waals surface area contributed by atoms with E-state index in [-0.39, 0.29) is 5.78 Å². The molecule has 1 aliphatic heterocycles. The minimum absolute atomic E-state index is 0.190. The van der Waals surface area contributed by atoms with E-state index in [0.29, 0.717) is 6.54 Å². The molecule has 0 aliphatic carbocycles. The Labute approximate surface area is 135 Å². The first-order chi connectivity index (χ1) is 10.2. The van der Waals surface area contributed by atoms with Gasteiger partial charge in [0.15, 0.2) is 5.78 Å². The van der Waals surface area contributed by atoms with Crippen molar-refractivity contribution in [2.75, 3.05) is 37.6 Å². The van der Waals surface area contributed by atoms with Crippen LogP contribution < -0.4 is 4.90 Å². The second-order valence-corrected chi connectivity index (χ2v) is 7.30. The second kappa shape index (κ2) is 6.64. The number of nitrogens with zero attached hydrogens (tertiary/aromatic N) is 4. The molecule has 0 amide bonds. The van der Waals surface area contributed by atoms with Gasteiger partial charge in [-0.1, -0.05) is 0 Å². The summed E-state index contributed by atoms with van der Waals surface area (Å²) in [5.74, 6) is 0.959. The molecule has 21 heavy (non-hydrogen) atoms. The van der Waals surface area contributed by atoms with E-state index in [1.807, 2.05) is 18.2 Å². The van der Waals surface area contributed by atoms with Crippen molar-refractivity contribution in [2.24, 2.45) is 0 Å². The normalized spacial score (nSPS) is 16.1. The molecule has 0 aromatic carbocycles. The van der Waals surface area contributed by atoms with Crippen molar-refractivity contribution in [3.05, 3.63) is 39.3 Å². The summed E-state index contributed by atoms with van der Waals surface area (Å²) in [5, 5.41) is 0. The number of thiophene rings is 1. The van der Waals surface area contributed by atoms with E-state index in [4.69, 9.17) is 0 Å². The number of ketones is 1. The van der Waals surface area contributed by atoms with Crippen molar-refractivity contribution in [2.45, 2.75) is 0 Å². The van der Waals surface area contributed by atoms with Crippen LogP contribution in [0.15, 0.2) is 34.4 Å². The Morgan fingerprint density at radius 1 is 1.19 bits per heavy atom. The van der Waals surface area contributed by atoms with Gasteiger partial charge in [0.05, 0.1) is 15.2 Å². The summed E-state index contributed by atoms with van der Waals surface area (Å²) >= 11 is 4.88. The van der Waals surface area contributed by atoms with Gasteiger partial charge in [0.2, 0.25) is 5.95 Å². The fourth-order valence-electron chi connectivity index (χ4n) is 2.31. The monoisotopic (exact) mass is 366 g/mol. The summed E-state index contributed by atoms with van der Waals surface area (Å²) < 4.78 is 0.997. The smallest absolute Gasteiger partial charge is 0.225 e. The Kier molecular flexibility index (Phi) is 4.62. The van der Waals surface area contributed by atoms with Crippen LogP contribution in [0.5, 0.6) is 0 Å². The SMILES string of the molecule is O=C(CN1CCN(c2ncccn2)CC1)c1ccc(Br)s1. The third kappa shape index (κ3) is 3.66. The molecule has 1 saturated heterocycles. The molecule has 1 aliphatic rings. The molecule has 7 heteroatoms. The Morgan fingerprint density at radius 2 is 1.90 bits per heavy atom. The van der Waals surface area contributed by atoms with Crippen molar-refractivity contribution < 1.29 is 4.79 Å². The molecular weight excluding hydrogens is 352 g/mol. The highest BCUT2D eigenvalue weighted by atomic mass is 79.9. The number of rotatable bonds is 4. The number of anilines is 1. The Balaban J connectivity index is 1.53. The van der Waals surface area contributed by atoms with Gasteiger partial charge in [-0.3, -0.25) is 9.69 Å². The molecule has 110 valence electrons. The highest BCUT2D eigenvalue weighted by Gasteiger charge is 2.21. The number of piperazine rings is 1. The lowest BCUT2D eigenvalue weighted by Crippen LogP contribution is -2.48. The molecule has 1 fully saturated rings. The van der Waals surface area contributed by atoms with E-state index in [0.717, 1.165) is 40.8 Å². The van der Waals surface area contributed by atoms with E-state index in [1.54, 1.807) is 12.4 Å². The summed E-state index contributed by atoms with van der Waals surface area (Å²) in [4.78, 5) is 25.9. The minimum atomic E-state index is 0.190. The molecule has 3 rings (SSSR count). The van der Waals surface area contributed by atoms with E-state index >= 15 is 0 Å². The molecule has 0 unspecified atom stereocenters. The lowest BCUT2D eigenvalue weighted by Gasteiger charge is -2.34. The Morgan fingerprint density at radius 3 is 2.52 bits per heavy atom. The average Bonchev–Trinajstić information content (AvgIpc) is 2.96. The zero-order valence-corrected chi connectivity index (χ0v) is 13.8. The lowest BCUT2D eigenvalue weighted by molar-refractivity contribution is 0.0930. The number of carbonyl (C=O) groups excluding carboxylic acids is 1. The average molecular weight is 367 g/mol. The van der Waals surface area contributed by atoms with Crippen LogP contribution in [0.2, 0.25) is 0 Å². The van der Waals surface area contributed by atoms with Crippen molar-refractivity contribution in [3.63, 3.8) is 0 Å². The van der Waals surface area contributed by atoms with E-state index < -0.39 is 0 Å². The van der Waals surface area contributed by atoms with Crippen LogP contribution in [0.3, 0.4) is 0 Å². The van der Waals surface area contributed by atoms with Crippen molar-refractivity contribution >= 4 is 39.0 Å². The molecule has 0 saturated carbocycles. The zero-order chi connectivity index (χ0) is 14.7. The standard InChI is InChI=1S/C14H15BrN4OS/c15-13-3-2-12(21-13)11(20)10-18-6-8-19(9-7-18)14-16-4-1-5-17-14/h1-5H,6-10H2. The van der Waals surface area contributed by atoms with Gasteiger partial charge < -0.3 is 4.90 Å². The number of Topliss-reactive ketones (excluding diaryl/α,β-unsaturated/α-hetero) is 1. The minimum Gasteiger partial charge on any atom is -0.338 e. The van der Waals surface area contributed by atoms with Gasteiger partial charge in [0.1, 0.15) is 0 Å². The van der Waals surface area contributed by atoms with E-state index in [2.05, 4.69) is 35.7 Å². The fourth-order valence-corrected chi connectivity index (χ4v) is 3.62. The van der Waals surface area contributed by atoms with Gasteiger partial charge in [0, 0.05) is 38.6 Å². The first kappa shape index (κ1) is 14.6. The fraction of sp³-hybridized carbons (Fsp3) is 0.357. The molecule has 0 N–H and O–H groups in total. The molecular formula is C14H15BrN4OS. The third-order valence-electron chi connectivity index (χ3n) is 3.42. The van der Waals surface area contributed by atoms with Gasteiger partial charge >= 0.3 is 0 Å². The van der Waals surface area contributed by atoms with Crippen molar-refractivity contribution in [1.29, 1.82) is 0 Å². The van der Waals surface area contributed by atoms with E-state index in [9.17, 15) is 4.79 Å². The van der Waals surface area contributed by atoms with Crippen molar-refractivity contribution in [1.82, 2.24) is 14.9 Å². The van der Waals surface area contributed by atoms with Crippen LogP contribution in [0.1, 0.15) is 9.67 Å². The summed E-state index contributed by atoms with van der Waals surface area (Å²) in [6.45, 7) is 3.90. The first-order valence-electron chi connectivity index (χ1n) is 6.75. The molecule has 3 heterocycles. The van der Waals surface area contributed by atoms with Crippen LogP contribution in [-0.4, -0.2) is 53.4 Å². The highest BCUT2D eigenvalue weighted by molar-refractivity contribution is 9.11. The van der Waals surface area contributed by atoms with Crippen LogP contribution in [0, 0.1) is 0 Å². The van der Waals surface area contributed by atoms with Crippen LogP contribution in [-0.2, 0) is 0 Å². The molecule has 0 spiro atoms. The molecule has 5 nitrogen and oxygen atoms in total. The zero-order valence-electron chi connectivity index (χ0n) is 11.4. The number of aromatic nitrogens is 2. The lowest BCUT2D eigenvalue weighted by atomic mass is 10.2. The molecule has 0 radical (unpaired) electrons. The maximum atomic E-state index is 12.2. The Bertz CT molecular complexity index is 610. The summed E-state index contributed by atoms with van der Waals surface area (Å²) in [7, 11) is 0. The molecule has 0 bridgehead atoms. The summed E-state index contributed by atoms with van der Waals surface area (Å²) in [6, 6.07) is 5.62. The summed E-state index contributed by atoms with van der Waals surface area (Å²) in [5.41, 5.74) is 0. The van der Waals surface area contributed by atoms with Gasteiger partial charge in [-0.15, -0.1) is 11.3 Å². The predicted molar refractivity (Wildman–Crippen MR) is 87.0 cm³/mol. The third-order valence-corrected chi connectivity index (χ3v) is 5.09. The predicted octanol–water partition coefficient (Wildman–Crippen LogP) is 2.31. The number of hydrogen-bond acceptors (Lipinski definition) is 6. The second-order valence-electron chi connectivity index (χ2n) is 4.84. The number of hydrogen-bond donors (Lipinski definition) is 0. The van der Waals surface area contributed by atoms with E-state index in [1.165, 1.54) is 11.3 Å².